The van der Waals surface area contributed by atoms with Gasteiger partial charge in [-0.1, -0.05) is 31.5 Å². The maximum absolute atomic E-state index is 5.97. The number of nitrogens with zero attached hydrogens (tertiary/aromatic N) is 2. The van der Waals surface area contributed by atoms with Crippen molar-refractivity contribution in [1.29, 1.82) is 0 Å². The van der Waals surface area contributed by atoms with E-state index < -0.39 is 0 Å². The fraction of sp³-hybridized carbons (Fsp3) is 0.438. The van der Waals surface area contributed by atoms with Crippen LogP contribution >= 0.6 is 22.9 Å². The van der Waals surface area contributed by atoms with Gasteiger partial charge in [0.05, 0.1) is 16.6 Å². The summed E-state index contributed by atoms with van der Waals surface area (Å²) in [5, 5.41) is 3.42. The minimum atomic E-state index is 0.652. The monoisotopic (exact) mass is 323 g/mol. The molecule has 0 aromatic carbocycles. The molecule has 0 saturated heterocycles. The second kappa shape index (κ2) is 7.78. The van der Waals surface area contributed by atoms with Gasteiger partial charge < -0.3 is 10.2 Å². The summed E-state index contributed by atoms with van der Waals surface area (Å²) in [4.78, 5) is 8.10. The summed E-state index contributed by atoms with van der Waals surface area (Å²) in [6.45, 7) is 7.06. The highest BCUT2D eigenvalue weighted by atomic mass is 35.5. The smallest absolute Gasteiger partial charge is 0.128 e. The van der Waals surface area contributed by atoms with E-state index >= 15 is 0 Å². The predicted octanol–water partition coefficient (Wildman–Crippen LogP) is 4.18. The van der Waals surface area contributed by atoms with Crippen molar-refractivity contribution in [2.75, 3.05) is 18.5 Å². The van der Waals surface area contributed by atoms with Crippen molar-refractivity contribution in [3.05, 3.63) is 45.2 Å². The molecule has 114 valence electrons. The Balaban J connectivity index is 1.95. The molecule has 0 fully saturated rings. The first-order valence-electron chi connectivity index (χ1n) is 7.16. The van der Waals surface area contributed by atoms with Crippen molar-refractivity contribution < 1.29 is 0 Å². The first kappa shape index (κ1) is 16.3. The third-order valence-corrected chi connectivity index (χ3v) is 4.28. The largest absolute Gasteiger partial charge is 0.355 e. The molecule has 1 N–H and O–H groups in total. The number of halogens is 1. The molecule has 0 aliphatic carbocycles. The molecule has 21 heavy (non-hydrogen) atoms. The molecule has 5 heteroatoms. The van der Waals surface area contributed by atoms with Crippen molar-refractivity contribution in [3.8, 4) is 0 Å². The molecule has 0 radical (unpaired) electrons. The fourth-order valence-electron chi connectivity index (χ4n) is 2.02. The summed E-state index contributed by atoms with van der Waals surface area (Å²) in [7, 11) is 2.06. The molecule has 2 aromatic heterocycles. The number of nitrogens with one attached hydrogen (secondary N) is 1. The lowest BCUT2D eigenvalue weighted by atomic mass is 10.2. The number of thiophene rings is 1. The first-order valence-corrected chi connectivity index (χ1v) is 8.36. The van der Waals surface area contributed by atoms with Crippen LogP contribution in [0.5, 0.6) is 0 Å². The van der Waals surface area contributed by atoms with Crippen LogP contribution in [0.2, 0.25) is 4.34 Å². The van der Waals surface area contributed by atoms with E-state index in [0.717, 1.165) is 35.5 Å². The molecule has 2 heterocycles. The van der Waals surface area contributed by atoms with Gasteiger partial charge >= 0.3 is 0 Å². The lowest BCUT2D eigenvalue weighted by Crippen LogP contribution is -2.21. The van der Waals surface area contributed by atoms with Crippen LogP contribution in [0, 0.1) is 5.92 Å². The van der Waals surface area contributed by atoms with E-state index in [1.54, 1.807) is 11.3 Å². The number of pyridine rings is 1. The molecule has 0 unspecified atom stereocenters. The Morgan fingerprint density at radius 3 is 2.76 bits per heavy atom. The maximum atomic E-state index is 5.97. The SMILES string of the molecule is CC(C)CNCc1cccc(N(C)Cc2ccc(Cl)s2)n1. The zero-order valence-corrected chi connectivity index (χ0v) is 14.3. The van der Waals surface area contributed by atoms with Gasteiger partial charge in [-0.2, -0.15) is 0 Å². The first-order chi connectivity index (χ1) is 10.0. The molecular formula is C16H22ClN3S. The van der Waals surface area contributed by atoms with E-state index in [-0.39, 0.29) is 0 Å². The highest BCUT2D eigenvalue weighted by Crippen LogP contribution is 2.23. The van der Waals surface area contributed by atoms with Crippen molar-refractivity contribution in [2.45, 2.75) is 26.9 Å². The van der Waals surface area contributed by atoms with E-state index in [4.69, 9.17) is 16.6 Å². The third-order valence-electron chi connectivity index (χ3n) is 3.06. The standard InChI is InChI=1S/C16H22ClN3S/c1-12(2)9-18-10-13-5-4-6-16(19-13)20(3)11-14-7-8-15(17)21-14/h4-8,12,18H,9-11H2,1-3H3. The summed E-state index contributed by atoms with van der Waals surface area (Å²) in [6.07, 6.45) is 0. The van der Waals surface area contributed by atoms with E-state index in [9.17, 15) is 0 Å². The van der Waals surface area contributed by atoms with Gasteiger partial charge in [-0.25, -0.2) is 4.98 Å². The molecule has 0 spiro atoms. The summed E-state index contributed by atoms with van der Waals surface area (Å²) in [6, 6.07) is 10.2. The normalized spacial score (nSPS) is 11.1. The number of hydrogen-bond donors (Lipinski definition) is 1. The Bertz CT molecular complexity index is 568. The van der Waals surface area contributed by atoms with Crippen LogP contribution in [0.1, 0.15) is 24.4 Å². The van der Waals surface area contributed by atoms with E-state index in [0.29, 0.717) is 5.92 Å². The molecule has 0 amide bonds. The van der Waals surface area contributed by atoms with Gasteiger partial charge in [-0.3, -0.25) is 0 Å². The molecule has 0 bridgehead atoms. The summed E-state index contributed by atoms with van der Waals surface area (Å²) in [5.41, 5.74) is 1.07. The zero-order chi connectivity index (χ0) is 15.2. The minimum Gasteiger partial charge on any atom is -0.355 e. The van der Waals surface area contributed by atoms with Gasteiger partial charge in [-0.15, -0.1) is 11.3 Å². The van der Waals surface area contributed by atoms with E-state index in [1.807, 2.05) is 12.1 Å². The minimum absolute atomic E-state index is 0.652. The average molecular weight is 324 g/mol. The van der Waals surface area contributed by atoms with Crippen molar-refractivity contribution in [1.82, 2.24) is 10.3 Å². The summed E-state index contributed by atoms with van der Waals surface area (Å²) >= 11 is 7.59. The molecule has 0 atom stereocenters. The highest BCUT2D eigenvalue weighted by Gasteiger charge is 2.06. The molecule has 0 aliphatic rings. The maximum Gasteiger partial charge on any atom is 0.128 e. The molecule has 2 rings (SSSR count). The Labute approximate surface area is 136 Å². The van der Waals surface area contributed by atoms with Gasteiger partial charge in [0, 0.05) is 18.5 Å². The molecule has 0 saturated carbocycles. The van der Waals surface area contributed by atoms with Crippen LogP contribution in [-0.4, -0.2) is 18.6 Å². The molecular weight excluding hydrogens is 302 g/mol. The quantitative estimate of drug-likeness (QED) is 0.828. The van der Waals surface area contributed by atoms with Crippen LogP contribution in [0.3, 0.4) is 0 Å². The van der Waals surface area contributed by atoms with Gasteiger partial charge in [0.25, 0.3) is 0 Å². The number of aromatic nitrogens is 1. The average Bonchev–Trinajstić information content (AvgIpc) is 2.84. The van der Waals surface area contributed by atoms with Crippen molar-refractivity contribution in [3.63, 3.8) is 0 Å². The van der Waals surface area contributed by atoms with Gasteiger partial charge in [0.1, 0.15) is 5.82 Å². The zero-order valence-electron chi connectivity index (χ0n) is 12.8. The predicted molar refractivity (Wildman–Crippen MR) is 92.2 cm³/mol. The Hall–Kier alpha value is -1.10. The molecule has 0 aliphatic heterocycles. The van der Waals surface area contributed by atoms with Crippen LogP contribution < -0.4 is 10.2 Å². The van der Waals surface area contributed by atoms with E-state index in [1.165, 1.54) is 4.88 Å². The van der Waals surface area contributed by atoms with Crippen LogP contribution in [0.15, 0.2) is 30.3 Å². The van der Waals surface area contributed by atoms with Gasteiger partial charge in [0.2, 0.25) is 0 Å². The lowest BCUT2D eigenvalue weighted by molar-refractivity contribution is 0.548. The number of hydrogen-bond acceptors (Lipinski definition) is 4. The summed E-state index contributed by atoms with van der Waals surface area (Å²) in [5.74, 6) is 1.64. The lowest BCUT2D eigenvalue weighted by Gasteiger charge is -2.18. The van der Waals surface area contributed by atoms with Crippen LogP contribution in [0.4, 0.5) is 5.82 Å². The fourth-order valence-corrected chi connectivity index (χ4v) is 3.16. The van der Waals surface area contributed by atoms with Crippen LogP contribution in [0.25, 0.3) is 0 Å². The molecule has 2 aromatic rings. The summed E-state index contributed by atoms with van der Waals surface area (Å²) < 4.78 is 0.831. The highest BCUT2D eigenvalue weighted by molar-refractivity contribution is 7.16. The third kappa shape index (κ3) is 5.30. The van der Waals surface area contributed by atoms with Gasteiger partial charge in [-0.05, 0) is 36.7 Å². The Morgan fingerprint density at radius 2 is 2.10 bits per heavy atom. The van der Waals surface area contributed by atoms with E-state index in [2.05, 4.69) is 49.3 Å². The van der Waals surface area contributed by atoms with Gasteiger partial charge in [0.15, 0.2) is 0 Å². The van der Waals surface area contributed by atoms with Crippen molar-refractivity contribution in [2.24, 2.45) is 5.92 Å². The Kier molecular flexibility index (Phi) is 6.03. The Morgan fingerprint density at radius 1 is 1.29 bits per heavy atom. The topological polar surface area (TPSA) is 28.2 Å². The molecule has 3 nitrogen and oxygen atoms in total. The second-order valence-corrected chi connectivity index (χ2v) is 7.37. The number of rotatable bonds is 7. The van der Waals surface area contributed by atoms with Crippen LogP contribution in [-0.2, 0) is 13.1 Å². The second-order valence-electron chi connectivity index (χ2n) is 5.57. The van der Waals surface area contributed by atoms with Crippen molar-refractivity contribution >= 4 is 28.8 Å². The number of anilines is 1.